The molecule has 0 saturated carbocycles. The van der Waals surface area contributed by atoms with Gasteiger partial charge in [-0.2, -0.15) is 0 Å². The molecule has 0 spiro atoms. The lowest BCUT2D eigenvalue weighted by Crippen LogP contribution is -2.53. The van der Waals surface area contributed by atoms with Gasteiger partial charge in [0, 0.05) is 56.5 Å². The van der Waals surface area contributed by atoms with Gasteiger partial charge in [0.25, 0.3) is 0 Å². The van der Waals surface area contributed by atoms with Crippen LogP contribution in [0, 0.1) is 5.82 Å². The van der Waals surface area contributed by atoms with Crippen LogP contribution < -0.4 is 10.1 Å². The molecule has 34 heavy (non-hydrogen) atoms. The molecule has 2 aromatic rings. The summed E-state index contributed by atoms with van der Waals surface area (Å²) in [5, 5.41) is 3.14. The van der Waals surface area contributed by atoms with E-state index in [1.807, 2.05) is 25.7 Å². The number of anilines is 1. The van der Waals surface area contributed by atoms with Gasteiger partial charge < -0.3 is 15.0 Å². The van der Waals surface area contributed by atoms with Crippen LogP contribution in [-0.4, -0.2) is 53.4 Å². The fraction of sp³-hybridized carbons (Fsp3) is 0.385. The monoisotopic (exact) mass is 487 g/mol. The summed E-state index contributed by atoms with van der Waals surface area (Å²) in [6, 6.07) is 9.88. The van der Waals surface area contributed by atoms with Gasteiger partial charge in [-0.3, -0.25) is 14.5 Å². The molecule has 1 aliphatic rings. The van der Waals surface area contributed by atoms with Crippen LogP contribution in [0.3, 0.4) is 0 Å². The van der Waals surface area contributed by atoms with Crippen molar-refractivity contribution in [1.82, 2.24) is 9.80 Å². The van der Waals surface area contributed by atoms with E-state index in [0.29, 0.717) is 35.1 Å². The predicted octanol–water partition coefficient (Wildman–Crippen LogP) is 4.97. The number of piperazine rings is 1. The number of hydrogen-bond acceptors (Lipinski definition) is 4. The molecular weight excluding hydrogens is 457 g/mol. The fourth-order valence-electron chi connectivity index (χ4n) is 3.96. The maximum Gasteiger partial charge on any atom is 0.246 e. The van der Waals surface area contributed by atoms with Crippen LogP contribution in [-0.2, 0) is 16.1 Å². The van der Waals surface area contributed by atoms with Gasteiger partial charge >= 0.3 is 0 Å². The van der Waals surface area contributed by atoms with E-state index in [1.54, 1.807) is 30.3 Å². The Labute approximate surface area is 205 Å². The summed E-state index contributed by atoms with van der Waals surface area (Å²) in [7, 11) is 0. The van der Waals surface area contributed by atoms with Gasteiger partial charge in [0.15, 0.2) is 0 Å². The van der Waals surface area contributed by atoms with Crippen molar-refractivity contribution in [2.75, 3.05) is 25.0 Å². The topological polar surface area (TPSA) is 61.9 Å². The number of ether oxygens (including phenoxy) is 1. The number of nitrogens with one attached hydrogen (secondary N) is 1. The second-order valence-electron chi connectivity index (χ2n) is 8.79. The van der Waals surface area contributed by atoms with E-state index < -0.39 is 0 Å². The Morgan fingerprint density at radius 1 is 1.24 bits per heavy atom. The number of carbonyl (C=O) groups excluding carboxylic acids is 2. The number of halogens is 2. The second kappa shape index (κ2) is 11.5. The third-order valence-corrected chi connectivity index (χ3v) is 5.79. The van der Waals surface area contributed by atoms with E-state index in [0.717, 1.165) is 18.7 Å². The highest BCUT2D eigenvalue weighted by atomic mass is 35.5. The molecule has 1 heterocycles. The van der Waals surface area contributed by atoms with Crippen LogP contribution >= 0.6 is 11.6 Å². The molecule has 1 N–H and O–H groups in total. The van der Waals surface area contributed by atoms with Crippen molar-refractivity contribution in [2.45, 2.75) is 46.4 Å². The van der Waals surface area contributed by atoms with Gasteiger partial charge in [-0.05, 0) is 56.7 Å². The van der Waals surface area contributed by atoms with Crippen molar-refractivity contribution in [1.29, 1.82) is 0 Å². The third-order valence-electron chi connectivity index (χ3n) is 5.50. The Morgan fingerprint density at radius 3 is 2.56 bits per heavy atom. The van der Waals surface area contributed by atoms with E-state index in [2.05, 4.69) is 10.2 Å². The molecule has 2 amide bonds. The molecule has 1 atom stereocenters. The number of rotatable bonds is 7. The molecule has 0 radical (unpaired) electrons. The number of nitrogens with zero attached hydrogens (tertiary/aromatic N) is 2. The summed E-state index contributed by atoms with van der Waals surface area (Å²) < 4.78 is 18.9. The molecule has 0 aromatic heterocycles. The molecule has 8 heteroatoms. The van der Waals surface area contributed by atoms with Crippen LogP contribution in [0.15, 0.2) is 42.5 Å². The van der Waals surface area contributed by atoms with Crippen molar-refractivity contribution < 1.29 is 18.7 Å². The van der Waals surface area contributed by atoms with Gasteiger partial charge in [0.1, 0.15) is 11.6 Å². The molecule has 2 aromatic carbocycles. The average molecular weight is 488 g/mol. The smallest absolute Gasteiger partial charge is 0.246 e. The molecule has 0 bridgehead atoms. The lowest BCUT2D eigenvalue weighted by molar-refractivity contribution is -0.130. The maximum absolute atomic E-state index is 13.1. The first-order chi connectivity index (χ1) is 16.1. The summed E-state index contributed by atoms with van der Waals surface area (Å²) in [5.74, 6) is -0.102. The third kappa shape index (κ3) is 7.05. The Kier molecular flexibility index (Phi) is 8.69. The Bertz CT molecular complexity index is 1060. The first-order valence-electron chi connectivity index (χ1n) is 11.4. The zero-order valence-electron chi connectivity index (χ0n) is 20.0. The van der Waals surface area contributed by atoms with Gasteiger partial charge in [-0.25, -0.2) is 4.39 Å². The van der Waals surface area contributed by atoms with Crippen molar-refractivity contribution in [2.24, 2.45) is 0 Å². The molecule has 1 aliphatic heterocycles. The van der Waals surface area contributed by atoms with Gasteiger partial charge in [-0.1, -0.05) is 23.7 Å². The minimum absolute atomic E-state index is 0.0196. The molecule has 6 nitrogen and oxygen atoms in total. The largest absolute Gasteiger partial charge is 0.489 e. The molecule has 3 rings (SSSR count). The Balaban J connectivity index is 1.69. The van der Waals surface area contributed by atoms with Crippen LogP contribution in [0.25, 0.3) is 6.08 Å². The fourth-order valence-corrected chi connectivity index (χ4v) is 4.17. The maximum atomic E-state index is 13.1. The van der Waals surface area contributed by atoms with Crippen LogP contribution in [0.5, 0.6) is 5.75 Å². The standard InChI is InChI=1S/C26H31ClFN3O3/c1-17(2)34-25-13-21(24(14-23(25)27)29-19(4)32)7-10-26(33)31-12-11-30(15-18(31)3)16-20-5-8-22(28)9-6-20/h5-10,13-14,17-18H,11-12,15-16H2,1-4H3,(H,29,32). The van der Waals surface area contributed by atoms with Crippen LogP contribution in [0.1, 0.15) is 38.8 Å². The number of carbonyl (C=O) groups is 2. The van der Waals surface area contributed by atoms with Gasteiger partial charge in [0.05, 0.1) is 11.1 Å². The lowest BCUT2D eigenvalue weighted by Gasteiger charge is -2.39. The zero-order valence-corrected chi connectivity index (χ0v) is 20.7. The number of benzene rings is 2. The second-order valence-corrected chi connectivity index (χ2v) is 9.20. The van der Waals surface area contributed by atoms with Crippen molar-refractivity contribution in [3.8, 4) is 5.75 Å². The van der Waals surface area contributed by atoms with Crippen molar-refractivity contribution >= 4 is 35.2 Å². The highest BCUT2D eigenvalue weighted by Crippen LogP contribution is 2.33. The normalized spacial score (nSPS) is 16.8. The molecule has 1 saturated heterocycles. The van der Waals surface area contributed by atoms with E-state index >= 15 is 0 Å². The Hall–Kier alpha value is -2.90. The quantitative estimate of drug-likeness (QED) is 0.560. The molecule has 1 unspecified atom stereocenters. The molecule has 182 valence electrons. The SMILES string of the molecule is CC(=O)Nc1cc(Cl)c(OC(C)C)cc1C=CC(=O)N1CCN(Cc2ccc(F)cc2)CC1C. The number of amides is 2. The predicted molar refractivity (Wildman–Crippen MR) is 133 cm³/mol. The number of hydrogen-bond donors (Lipinski definition) is 1. The average Bonchev–Trinajstić information content (AvgIpc) is 2.75. The van der Waals surface area contributed by atoms with E-state index in [-0.39, 0.29) is 29.8 Å². The van der Waals surface area contributed by atoms with E-state index in [4.69, 9.17) is 16.3 Å². The van der Waals surface area contributed by atoms with E-state index in [1.165, 1.54) is 25.1 Å². The molecule has 1 fully saturated rings. The summed E-state index contributed by atoms with van der Waals surface area (Å²) in [4.78, 5) is 28.7. The summed E-state index contributed by atoms with van der Waals surface area (Å²) in [6.45, 7) is 9.98. The highest BCUT2D eigenvalue weighted by molar-refractivity contribution is 6.32. The van der Waals surface area contributed by atoms with Crippen molar-refractivity contribution in [3.63, 3.8) is 0 Å². The van der Waals surface area contributed by atoms with Crippen LogP contribution in [0.2, 0.25) is 5.02 Å². The Morgan fingerprint density at radius 2 is 1.94 bits per heavy atom. The summed E-state index contributed by atoms with van der Waals surface area (Å²) >= 11 is 6.31. The first-order valence-corrected chi connectivity index (χ1v) is 11.7. The minimum Gasteiger partial charge on any atom is -0.489 e. The van der Waals surface area contributed by atoms with Gasteiger partial charge in [-0.15, -0.1) is 0 Å². The lowest BCUT2D eigenvalue weighted by atomic mass is 10.1. The zero-order chi connectivity index (χ0) is 24.8. The first kappa shape index (κ1) is 25.7. The minimum atomic E-state index is -0.246. The van der Waals surface area contributed by atoms with Crippen LogP contribution in [0.4, 0.5) is 10.1 Å². The molecule has 0 aliphatic carbocycles. The van der Waals surface area contributed by atoms with Crippen molar-refractivity contribution in [3.05, 3.63) is 64.4 Å². The van der Waals surface area contributed by atoms with E-state index in [9.17, 15) is 14.0 Å². The highest BCUT2D eigenvalue weighted by Gasteiger charge is 2.26. The summed E-state index contributed by atoms with van der Waals surface area (Å²) in [5.41, 5.74) is 2.18. The summed E-state index contributed by atoms with van der Waals surface area (Å²) in [6.07, 6.45) is 3.11. The molecular formula is C26H31ClFN3O3. The van der Waals surface area contributed by atoms with Gasteiger partial charge in [0.2, 0.25) is 11.8 Å².